The Morgan fingerprint density at radius 3 is 2.70 bits per heavy atom. The monoisotopic (exact) mass is 365 g/mol. The number of nitrogens with zero attached hydrogens (tertiary/aromatic N) is 4. The number of hydrogen-bond acceptors (Lipinski definition) is 4. The second-order valence-electron chi connectivity index (χ2n) is 8.53. The van der Waals surface area contributed by atoms with Crippen molar-refractivity contribution in [2.75, 3.05) is 26.2 Å². The average molecular weight is 365 g/mol. The van der Waals surface area contributed by atoms with Crippen LogP contribution < -0.4 is 0 Å². The molecule has 0 radical (unpaired) electrons. The molecule has 6 nitrogen and oxygen atoms in total. The van der Waals surface area contributed by atoms with E-state index in [0.29, 0.717) is 18.3 Å². The average Bonchev–Trinajstić information content (AvgIpc) is 3.27. The Bertz CT molecular complexity index is 822. The first-order chi connectivity index (χ1) is 13.2. The SMILES string of the molecule is CCC(=O)N1CC2(CN(Cc3ccccc3)CC2c2nc(C3CC3)n[nH]2)C1. The standard InChI is InChI=1S/C21H27N5O/c1-2-18(27)26-13-21(14-26)12-25(10-15-6-4-3-5-7-15)11-17(21)20-22-19(23-24-20)16-8-9-16/h3-7,16-17H,2,8-14H2,1H3,(H,22,23,24). The van der Waals surface area contributed by atoms with Crippen LogP contribution >= 0.6 is 0 Å². The molecule has 1 atom stereocenters. The number of aromatic amines is 1. The van der Waals surface area contributed by atoms with E-state index in [0.717, 1.165) is 44.4 Å². The number of rotatable bonds is 5. The Morgan fingerprint density at radius 2 is 2.00 bits per heavy atom. The molecule has 1 spiro atoms. The van der Waals surface area contributed by atoms with E-state index in [1.165, 1.54) is 18.4 Å². The molecule has 1 saturated carbocycles. The molecule has 5 rings (SSSR count). The predicted molar refractivity (Wildman–Crippen MR) is 102 cm³/mol. The summed E-state index contributed by atoms with van der Waals surface area (Å²) in [6, 6.07) is 10.6. The first-order valence-corrected chi connectivity index (χ1v) is 10.1. The lowest BCUT2D eigenvalue weighted by Crippen LogP contribution is -2.61. The Hall–Kier alpha value is -2.21. The van der Waals surface area contributed by atoms with E-state index in [-0.39, 0.29) is 11.3 Å². The molecule has 142 valence electrons. The van der Waals surface area contributed by atoms with Gasteiger partial charge in [0.25, 0.3) is 0 Å². The highest BCUT2D eigenvalue weighted by Gasteiger charge is 2.56. The topological polar surface area (TPSA) is 65.1 Å². The highest BCUT2D eigenvalue weighted by atomic mass is 16.2. The maximum atomic E-state index is 12.1. The van der Waals surface area contributed by atoms with E-state index >= 15 is 0 Å². The number of amides is 1. The second kappa shape index (κ2) is 6.44. The third-order valence-electron chi connectivity index (χ3n) is 6.43. The van der Waals surface area contributed by atoms with E-state index < -0.39 is 0 Å². The zero-order valence-electron chi connectivity index (χ0n) is 15.9. The van der Waals surface area contributed by atoms with Crippen LogP contribution in [0.5, 0.6) is 0 Å². The Morgan fingerprint density at radius 1 is 1.22 bits per heavy atom. The molecule has 2 aliphatic heterocycles. The van der Waals surface area contributed by atoms with Gasteiger partial charge in [0.1, 0.15) is 5.82 Å². The number of benzene rings is 1. The van der Waals surface area contributed by atoms with Crippen molar-refractivity contribution < 1.29 is 4.79 Å². The van der Waals surface area contributed by atoms with Crippen molar-refractivity contribution >= 4 is 5.91 Å². The molecule has 6 heteroatoms. The van der Waals surface area contributed by atoms with Crippen LogP contribution in [-0.2, 0) is 11.3 Å². The zero-order chi connectivity index (χ0) is 18.4. The molecular formula is C21H27N5O. The van der Waals surface area contributed by atoms with Crippen LogP contribution in [0, 0.1) is 5.41 Å². The number of H-pyrrole nitrogens is 1. The van der Waals surface area contributed by atoms with Crippen molar-refractivity contribution in [1.82, 2.24) is 25.0 Å². The highest BCUT2D eigenvalue weighted by molar-refractivity contribution is 5.77. The van der Waals surface area contributed by atoms with Gasteiger partial charge >= 0.3 is 0 Å². The van der Waals surface area contributed by atoms with Gasteiger partial charge in [-0.1, -0.05) is 37.3 Å². The Labute approximate surface area is 160 Å². The zero-order valence-corrected chi connectivity index (χ0v) is 15.9. The van der Waals surface area contributed by atoms with Crippen LogP contribution in [0.4, 0.5) is 0 Å². The lowest BCUT2D eigenvalue weighted by atomic mass is 9.71. The predicted octanol–water partition coefficient (Wildman–Crippen LogP) is 2.52. The van der Waals surface area contributed by atoms with Crippen molar-refractivity contribution in [2.45, 2.75) is 44.6 Å². The van der Waals surface area contributed by atoms with Gasteiger partial charge in [0.2, 0.25) is 5.91 Å². The number of likely N-dealkylation sites (tertiary alicyclic amines) is 2. The van der Waals surface area contributed by atoms with Crippen LogP contribution in [0.25, 0.3) is 0 Å². The number of carbonyl (C=O) groups excluding carboxylic acids is 1. The Kier molecular flexibility index (Phi) is 4.04. The van der Waals surface area contributed by atoms with Gasteiger partial charge < -0.3 is 4.90 Å². The fourth-order valence-corrected chi connectivity index (χ4v) is 4.81. The maximum absolute atomic E-state index is 12.1. The fraction of sp³-hybridized carbons (Fsp3) is 0.571. The van der Waals surface area contributed by atoms with Crippen LogP contribution in [-0.4, -0.2) is 57.1 Å². The minimum absolute atomic E-state index is 0.111. The maximum Gasteiger partial charge on any atom is 0.222 e. The molecule has 1 aliphatic carbocycles. The molecule has 2 saturated heterocycles. The lowest BCUT2D eigenvalue weighted by molar-refractivity contribution is -0.143. The summed E-state index contributed by atoms with van der Waals surface area (Å²) < 4.78 is 0. The van der Waals surface area contributed by atoms with Crippen molar-refractivity contribution in [3.05, 3.63) is 47.5 Å². The van der Waals surface area contributed by atoms with E-state index in [1.54, 1.807) is 0 Å². The van der Waals surface area contributed by atoms with Gasteiger partial charge in [0.05, 0.1) is 0 Å². The largest absolute Gasteiger partial charge is 0.341 e. The number of nitrogens with one attached hydrogen (secondary N) is 1. The van der Waals surface area contributed by atoms with Crippen molar-refractivity contribution in [3.8, 4) is 0 Å². The second-order valence-corrected chi connectivity index (χ2v) is 8.53. The van der Waals surface area contributed by atoms with Gasteiger partial charge in [0.15, 0.2) is 5.82 Å². The van der Waals surface area contributed by atoms with Crippen molar-refractivity contribution in [1.29, 1.82) is 0 Å². The summed E-state index contributed by atoms with van der Waals surface area (Å²) in [5.74, 6) is 3.16. The summed E-state index contributed by atoms with van der Waals surface area (Å²) in [5.41, 5.74) is 1.45. The minimum atomic E-state index is 0.111. The van der Waals surface area contributed by atoms with E-state index in [9.17, 15) is 4.79 Å². The van der Waals surface area contributed by atoms with Gasteiger partial charge in [-0.25, -0.2) is 4.98 Å². The summed E-state index contributed by atoms with van der Waals surface area (Å²) in [6.45, 7) is 6.57. The number of aromatic nitrogens is 3. The molecule has 3 heterocycles. The molecular weight excluding hydrogens is 338 g/mol. The van der Waals surface area contributed by atoms with Gasteiger partial charge in [-0.15, -0.1) is 0 Å². The molecule has 3 fully saturated rings. The van der Waals surface area contributed by atoms with Crippen molar-refractivity contribution in [3.63, 3.8) is 0 Å². The first kappa shape index (κ1) is 16.9. The van der Waals surface area contributed by atoms with E-state index in [2.05, 4.69) is 45.4 Å². The van der Waals surface area contributed by atoms with Crippen LogP contribution in [0.1, 0.15) is 55.2 Å². The quantitative estimate of drug-likeness (QED) is 0.884. The van der Waals surface area contributed by atoms with Crippen LogP contribution in [0.3, 0.4) is 0 Å². The molecule has 1 unspecified atom stereocenters. The summed E-state index contributed by atoms with van der Waals surface area (Å²) in [7, 11) is 0. The minimum Gasteiger partial charge on any atom is -0.341 e. The van der Waals surface area contributed by atoms with Gasteiger partial charge in [0, 0.05) is 56.4 Å². The van der Waals surface area contributed by atoms with Gasteiger partial charge in [-0.3, -0.25) is 14.8 Å². The summed E-state index contributed by atoms with van der Waals surface area (Å²) >= 11 is 0. The van der Waals surface area contributed by atoms with Crippen molar-refractivity contribution in [2.24, 2.45) is 5.41 Å². The lowest BCUT2D eigenvalue weighted by Gasteiger charge is -2.50. The molecule has 0 bridgehead atoms. The van der Waals surface area contributed by atoms with E-state index in [1.807, 2.05) is 11.8 Å². The van der Waals surface area contributed by atoms with Crippen LogP contribution in [0.2, 0.25) is 0 Å². The number of carbonyl (C=O) groups is 1. The first-order valence-electron chi connectivity index (χ1n) is 10.1. The third kappa shape index (κ3) is 3.06. The van der Waals surface area contributed by atoms with E-state index in [4.69, 9.17) is 4.98 Å². The van der Waals surface area contributed by atoms with Gasteiger partial charge in [-0.05, 0) is 18.4 Å². The fourth-order valence-electron chi connectivity index (χ4n) is 4.81. The molecule has 2 aromatic rings. The summed E-state index contributed by atoms with van der Waals surface area (Å²) in [6.07, 6.45) is 3.01. The molecule has 1 N–H and O–H groups in total. The number of hydrogen-bond donors (Lipinski definition) is 1. The molecule has 1 amide bonds. The highest BCUT2D eigenvalue weighted by Crippen LogP contribution is 2.49. The summed E-state index contributed by atoms with van der Waals surface area (Å²) in [4.78, 5) is 21.5. The third-order valence-corrected chi connectivity index (χ3v) is 6.43. The molecule has 1 aromatic carbocycles. The normalized spacial score (nSPS) is 24.3. The summed E-state index contributed by atoms with van der Waals surface area (Å²) in [5, 5.41) is 7.73. The molecule has 1 aromatic heterocycles. The molecule has 27 heavy (non-hydrogen) atoms. The smallest absolute Gasteiger partial charge is 0.222 e. The molecule has 3 aliphatic rings. The van der Waals surface area contributed by atoms with Crippen LogP contribution in [0.15, 0.2) is 30.3 Å². The van der Waals surface area contributed by atoms with Gasteiger partial charge in [-0.2, -0.15) is 5.10 Å². The Balaban J connectivity index is 1.37.